The molecule has 0 bridgehead atoms. The van der Waals surface area contributed by atoms with Crippen LogP contribution in [0.4, 0.5) is 0 Å². The van der Waals surface area contributed by atoms with Crippen molar-refractivity contribution in [2.75, 3.05) is 6.61 Å². The van der Waals surface area contributed by atoms with E-state index < -0.39 is 0 Å². The molecule has 0 radical (unpaired) electrons. The van der Waals surface area contributed by atoms with Crippen LogP contribution in [0.25, 0.3) is 0 Å². The topological polar surface area (TPSA) is 26.3 Å². The molecule has 0 aromatic rings. The van der Waals surface area contributed by atoms with Crippen LogP contribution in [0, 0.1) is 18.8 Å². The van der Waals surface area contributed by atoms with Gasteiger partial charge in [0.25, 0.3) is 0 Å². The second kappa shape index (κ2) is 17.6. The summed E-state index contributed by atoms with van der Waals surface area (Å²) in [7, 11) is 0. The summed E-state index contributed by atoms with van der Waals surface area (Å²) >= 11 is 0. The number of esters is 1. The van der Waals surface area contributed by atoms with E-state index >= 15 is 0 Å². The van der Waals surface area contributed by atoms with Crippen LogP contribution in [0.2, 0.25) is 0 Å². The molecule has 22 heavy (non-hydrogen) atoms. The zero-order chi connectivity index (χ0) is 17.2. The third-order valence-corrected chi connectivity index (χ3v) is 3.59. The van der Waals surface area contributed by atoms with Crippen LogP contribution in [0.5, 0.6) is 0 Å². The van der Waals surface area contributed by atoms with Crippen LogP contribution in [0.1, 0.15) is 72.1 Å². The van der Waals surface area contributed by atoms with Crippen LogP contribution in [0.15, 0.2) is 24.3 Å². The van der Waals surface area contributed by atoms with Gasteiger partial charge in [-0.25, -0.2) is 4.79 Å². The van der Waals surface area contributed by atoms with Crippen molar-refractivity contribution in [3.63, 3.8) is 0 Å². The number of terminal acetylenes is 1. The van der Waals surface area contributed by atoms with Gasteiger partial charge in [-0.1, -0.05) is 77.0 Å². The second-order valence-corrected chi connectivity index (χ2v) is 5.59. The van der Waals surface area contributed by atoms with Crippen LogP contribution in [-0.2, 0) is 9.53 Å². The Hall–Kier alpha value is -1.49. The molecular formula is C20H34O2. The maximum atomic E-state index is 10.7. The molecule has 0 atom stereocenters. The van der Waals surface area contributed by atoms with Crippen molar-refractivity contribution in [1.82, 2.24) is 0 Å². The minimum absolute atomic E-state index is 0.335. The normalized spacial score (nSPS) is 13.7. The maximum absolute atomic E-state index is 10.7. The molecule has 0 N–H and O–H groups in total. The minimum atomic E-state index is -0.335. The number of ether oxygens (including phenoxy) is 1. The van der Waals surface area contributed by atoms with E-state index in [-0.39, 0.29) is 5.97 Å². The Morgan fingerprint density at radius 1 is 1.27 bits per heavy atom. The van der Waals surface area contributed by atoms with Gasteiger partial charge in [-0.3, -0.25) is 0 Å². The lowest BCUT2D eigenvalue weighted by Crippen LogP contribution is -2.04. The predicted molar refractivity (Wildman–Crippen MR) is 96.6 cm³/mol. The summed E-state index contributed by atoms with van der Waals surface area (Å²) in [5.74, 6) is 0.782. The third-order valence-electron chi connectivity index (χ3n) is 3.59. The molecule has 0 spiro atoms. The van der Waals surface area contributed by atoms with Crippen molar-refractivity contribution in [1.29, 1.82) is 0 Å². The molecular weight excluding hydrogens is 272 g/mol. The molecule has 126 valence electrons. The van der Waals surface area contributed by atoms with E-state index in [1.807, 2.05) is 13.0 Å². The quantitative estimate of drug-likeness (QED) is 0.199. The first-order valence-electron chi connectivity index (χ1n) is 8.38. The molecule has 1 saturated carbocycles. The third kappa shape index (κ3) is 14.9. The van der Waals surface area contributed by atoms with E-state index in [4.69, 9.17) is 4.74 Å². The first-order valence-corrected chi connectivity index (χ1v) is 8.38. The van der Waals surface area contributed by atoms with Gasteiger partial charge in [0.2, 0.25) is 0 Å². The fourth-order valence-electron chi connectivity index (χ4n) is 2.33. The summed E-state index contributed by atoms with van der Waals surface area (Å²) in [6.45, 7) is 9.55. The number of hydrogen-bond acceptors (Lipinski definition) is 2. The van der Waals surface area contributed by atoms with Gasteiger partial charge in [-0.05, 0) is 19.8 Å². The average Bonchev–Trinajstić information content (AvgIpc) is 3.03. The Morgan fingerprint density at radius 2 is 1.86 bits per heavy atom. The van der Waals surface area contributed by atoms with Crippen molar-refractivity contribution in [2.45, 2.75) is 72.1 Å². The van der Waals surface area contributed by atoms with Crippen LogP contribution in [0.3, 0.4) is 0 Å². The van der Waals surface area contributed by atoms with Crippen molar-refractivity contribution in [3.05, 3.63) is 24.3 Å². The zero-order valence-corrected chi connectivity index (χ0v) is 14.8. The number of hydrogen-bond donors (Lipinski definition) is 0. The van der Waals surface area contributed by atoms with Crippen molar-refractivity contribution >= 4 is 5.97 Å². The summed E-state index contributed by atoms with van der Waals surface area (Å²) in [5.41, 5.74) is 0.435. The number of rotatable bonds is 7. The van der Waals surface area contributed by atoms with E-state index in [0.29, 0.717) is 12.2 Å². The lowest BCUT2D eigenvalue weighted by atomic mass is 10.0. The standard InChI is InChI=1S/C10H20.C8H12O2.C2H2/c1-2-3-4-7-10-8-5-6-9-10;1-4-5-6-10-8(9)7(2)3;1-2/h10H,2-9H2,1H3;4-5H,2,6H2,1,3H3;1-2H/b;5-4+;. The van der Waals surface area contributed by atoms with Crippen LogP contribution < -0.4 is 0 Å². The lowest BCUT2D eigenvalue weighted by Gasteiger charge is -2.06. The Labute approximate surface area is 138 Å². The van der Waals surface area contributed by atoms with E-state index in [2.05, 4.69) is 26.3 Å². The van der Waals surface area contributed by atoms with E-state index in [9.17, 15) is 4.79 Å². The van der Waals surface area contributed by atoms with E-state index in [1.165, 1.54) is 51.4 Å². The number of allylic oxidation sites excluding steroid dienone is 1. The molecule has 2 heteroatoms. The van der Waals surface area contributed by atoms with E-state index in [1.54, 1.807) is 13.0 Å². The molecule has 0 aliphatic heterocycles. The minimum Gasteiger partial charge on any atom is -0.458 e. The molecule has 1 aliphatic carbocycles. The fourth-order valence-corrected chi connectivity index (χ4v) is 2.33. The van der Waals surface area contributed by atoms with Gasteiger partial charge in [0, 0.05) is 5.57 Å². The first-order chi connectivity index (χ1) is 10.6. The maximum Gasteiger partial charge on any atom is 0.333 e. The summed E-state index contributed by atoms with van der Waals surface area (Å²) in [6, 6.07) is 0. The van der Waals surface area contributed by atoms with Crippen LogP contribution in [-0.4, -0.2) is 12.6 Å². The average molecular weight is 306 g/mol. The summed E-state index contributed by atoms with van der Waals surface area (Å²) < 4.78 is 4.72. The Morgan fingerprint density at radius 3 is 2.32 bits per heavy atom. The largest absolute Gasteiger partial charge is 0.458 e. The smallest absolute Gasteiger partial charge is 0.333 e. The molecule has 0 heterocycles. The van der Waals surface area contributed by atoms with Crippen LogP contribution >= 0.6 is 0 Å². The molecule has 0 saturated heterocycles. The highest BCUT2D eigenvalue weighted by molar-refractivity contribution is 5.86. The molecule has 0 aromatic heterocycles. The van der Waals surface area contributed by atoms with Gasteiger partial charge >= 0.3 is 5.97 Å². The number of unbranched alkanes of at least 4 members (excludes halogenated alkanes) is 2. The van der Waals surface area contributed by atoms with E-state index in [0.717, 1.165) is 5.92 Å². The monoisotopic (exact) mass is 306 g/mol. The number of carbonyl (C=O) groups is 1. The Balaban J connectivity index is 0. The van der Waals surface area contributed by atoms with Crippen molar-refractivity contribution in [3.8, 4) is 12.8 Å². The number of carbonyl (C=O) groups excluding carboxylic acids is 1. The summed E-state index contributed by atoms with van der Waals surface area (Å²) in [5, 5.41) is 0. The Bertz CT molecular complexity index is 320. The highest BCUT2D eigenvalue weighted by Crippen LogP contribution is 2.28. The second-order valence-electron chi connectivity index (χ2n) is 5.59. The molecule has 2 nitrogen and oxygen atoms in total. The molecule has 0 amide bonds. The highest BCUT2D eigenvalue weighted by Gasteiger charge is 2.13. The molecule has 0 aromatic carbocycles. The fraction of sp³-hybridized carbons (Fsp3) is 0.650. The van der Waals surface area contributed by atoms with Gasteiger partial charge in [-0.2, -0.15) is 0 Å². The van der Waals surface area contributed by atoms with Gasteiger partial charge in [0.05, 0.1) is 0 Å². The van der Waals surface area contributed by atoms with Gasteiger partial charge in [0.15, 0.2) is 0 Å². The first kappa shape index (κ1) is 22.8. The van der Waals surface area contributed by atoms with Crippen molar-refractivity contribution < 1.29 is 9.53 Å². The summed E-state index contributed by atoms with van der Waals surface area (Å²) in [6.07, 6.45) is 23.5. The van der Waals surface area contributed by atoms with Gasteiger partial charge < -0.3 is 4.74 Å². The van der Waals surface area contributed by atoms with Gasteiger partial charge in [0.1, 0.15) is 6.61 Å². The molecule has 1 aliphatic rings. The lowest BCUT2D eigenvalue weighted by molar-refractivity contribution is -0.137. The molecule has 1 rings (SSSR count). The Kier molecular flexibility index (Phi) is 18.2. The highest BCUT2D eigenvalue weighted by atomic mass is 16.5. The SMILES string of the molecule is C#C.C=C(C)C(=O)OC/C=C/C.CCCCCC1CCCC1. The van der Waals surface area contributed by atoms with Crippen molar-refractivity contribution in [2.24, 2.45) is 5.92 Å². The summed E-state index contributed by atoms with van der Waals surface area (Å²) in [4.78, 5) is 10.7. The predicted octanol–water partition coefficient (Wildman–Crippen LogP) is 5.69. The molecule has 1 fully saturated rings. The zero-order valence-electron chi connectivity index (χ0n) is 14.8. The van der Waals surface area contributed by atoms with Gasteiger partial charge in [-0.15, -0.1) is 12.8 Å². The molecule has 0 unspecified atom stereocenters.